The molecule has 2 aromatic carbocycles. The van der Waals surface area contributed by atoms with Crippen molar-refractivity contribution in [3.8, 4) is 0 Å². The maximum absolute atomic E-state index is 12.3. The molecule has 3 aromatic rings. The van der Waals surface area contributed by atoms with E-state index in [1.807, 2.05) is 42.5 Å². The molecular weight excluding hydrogens is 324 g/mol. The normalized spacial score (nSPS) is 10.7. The quantitative estimate of drug-likeness (QED) is 0.670. The second kappa shape index (κ2) is 7.32. The van der Waals surface area contributed by atoms with Gasteiger partial charge in [0.15, 0.2) is 0 Å². The van der Waals surface area contributed by atoms with E-state index in [2.05, 4.69) is 0 Å². The number of benzene rings is 2. The van der Waals surface area contributed by atoms with Crippen LogP contribution in [0.5, 0.6) is 0 Å². The van der Waals surface area contributed by atoms with E-state index in [-0.39, 0.29) is 0 Å². The van der Waals surface area contributed by atoms with Gasteiger partial charge < -0.3 is 9.13 Å². The molecule has 0 N–H and O–H groups in total. The van der Waals surface area contributed by atoms with Crippen molar-refractivity contribution in [2.75, 3.05) is 0 Å². The fourth-order valence-corrected chi connectivity index (χ4v) is 2.78. The molecule has 0 aliphatic heterocycles. The van der Waals surface area contributed by atoms with Gasteiger partial charge >= 0.3 is 11.1 Å². The molecule has 0 aliphatic rings. The van der Waals surface area contributed by atoms with Gasteiger partial charge in [-0.05, 0) is 29.7 Å². The average Bonchev–Trinajstić information content (AvgIpc) is 2.59. The average molecular weight is 341 g/mol. The topological polar surface area (TPSA) is 44.0 Å². The molecule has 122 valence electrons. The third-order valence-corrected chi connectivity index (χ3v) is 4.09. The summed E-state index contributed by atoms with van der Waals surface area (Å²) in [4.78, 5) is 24.6. The molecule has 3 rings (SSSR count). The Morgan fingerprint density at radius 1 is 0.792 bits per heavy atom. The number of hydrogen-bond acceptors (Lipinski definition) is 2. The zero-order chi connectivity index (χ0) is 16.9. The SMILES string of the molecule is O=c1c(=O)n(Cc2cccc(Cl)c2)ccn1CCc1ccccc1. The molecule has 0 radical (unpaired) electrons. The first-order valence-corrected chi connectivity index (χ1v) is 8.09. The first-order chi connectivity index (χ1) is 11.6. The lowest BCUT2D eigenvalue weighted by Crippen LogP contribution is -2.41. The number of nitrogens with zero attached hydrogens (tertiary/aromatic N) is 2. The van der Waals surface area contributed by atoms with E-state index in [1.54, 1.807) is 24.5 Å². The Morgan fingerprint density at radius 2 is 1.46 bits per heavy atom. The molecule has 0 spiro atoms. The van der Waals surface area contributed by atoms with Gasteiger partial charge in [0, 0.05) is 24.0 Å². The van der Waals surface area contributed by atoms with Gasteiger partial charge in [-0.2, -0.15) is 0 Å². The Morgan fingerprint density at radius 3 is 2.21 bits per heavy atom. The van der Waals surface area contributed by atoms with Crippen LogP contribution in [0, 0.1) is 0 Å². The predicted molar refractivity (Wildman–Crippen MR) is 95.7 cm³/mol. The van der Waals surface area contributed by atoms with Gasteiger partial charge in [-0.25, -0.2) is 0 Å². The number of rotatable bonds is 5. The number of hydrogen-bond donors (Lipinski definition) is 0. The van der Waals surface area contributed by atoms with E-state index >= 15 is 0 Å². The highest BCUT2D eigenvalue weighted by molar-refractivity contribution is 6.30. The lowest BCUT2D eigenvalue weighted by Gasteiger charge is -2.09. The molecule has 1 aromatic heterocycles. The lowest BCUT2D eigenvalue weighted by molar-refractivity contribution is 0.621. The summed E-state index contributed by atoms with van der Waals surface area (Å²) in [6.07, 6.45) is 4.02. The number of aromatic nitrogens is 2. The highest BCUT2D eigenvalue weighted by Gasteiger charge is 2.06. The van der Waals surface area contributed by atoms with Crippen molar-refractivity contribution in [1.29, 1.82) is 0 Å². The van der Waals surface area contributed by atoms with Crippen LogP contribution in [-0.4, -0.2) is 9.13 Å². The van der Waals surface area contributed by atoms with Gasteiger partial charge in [0.25, 0.3) is 0 Å². The predicted octanol–water partition coefficient (Wildman–Crippen LogP) is 2.95. The van der Waals surface area contributed by atoms with E-state index in [0.29, 0.717) is 24.5 Å². The molecule has 0 bridgehead atoms. The van der Waals surface area contributed by atoms with Crippen molar-refractivity contribution >= 4 is 11.6 Å². The third kappa shape index (κ3) is 3.84. The maximum atomic E-state index is 12.3. The molecule has 0 atom stereocenters. The van der Waals surface area contributed by atoms with E-state index in [0.717, 1.165) is 11.1 Å². The van der Waals surface area contributed by atoms with Crippen LogP contribution in [0.1, 0.15) is 11.1 Å². The first-order valence-electron chi connectivity index (χ1n) is 7.72. The van der Waals surface area contributed by atoms with Crippen LogP contribution >= 0.6 is 11.6 Å². The fraction of sp³-hybridized carbons (Fsp3) is 0.158. The lowest BCUT2D eigenvalue weighted by atomic mass is 10.1. The van der Waals surface area contributed by atoms with Crippen LogP contribution in [0.25, 0.3) is 0 Å². The Hall–Kier alpha value is -2.59. The summed E-state index contributed by atoms with van der Waals surface area (Å²) in [6.45, 7) is 0.810. The summed E-state index contributed by atoms with van der Waals surface area (Å²) in [5.41, 5.74) is 0.986. The first kappa shape index (κ1) is 16.3. The zero-order valence-electron chi connectivity index (χ0n) is 13.1. The summed E-state index contributed by atoms with van der Waals surface area (Å²) < 4.78 is 2.87. The van der Waals surface area contributed by atoms with Crippen LogP contribution < -0.4 is 11.1 Å². The van der Waals surface area contributed by atoms with Gasteiger partial charge in [-0.3, -0.25) is 9.59 Å². The van der Waals surface area contributed by atoms with Crippen LogP contribution in [0.3, 0.4) is 0 Å². The molecule has 0 amide bonds. The van der Waals surface area contributed by atoms with E-state index < -0.39 is 11.1 Å². The smallest absolute Gasteiger partial charge is 0.309 e. The highest BCUT2D eigenvalue weighted by atomic mass is 35.5. The fourth-order valence-electron chi connectivity index (χ4n) is 2.57. The largest absolute Gasteiger partial charge is 0.316 e. The van der Waals surface area contributed by atoms with Crippen molar-refractivity contribution in [3.05, 3.63) is 104 Å². The van der Waals surface area contributed by atoms with Crippen LogP contribution in [0.15, 0.2) is 76.6 Å². The Labute approximate surface area is 144 Å². The van der Waals surface area contributed by atoms with Crippen molar-refractivity contribution in [3.63, 3.8) is 0 Å². The molecule has 24 heavy (non-hydrogen) atoms. The Kier molecular flexibility index (Phi) is 4.96. The highest BCUT2D eigenvalue weighted by Crippen LogP contribution is 2.11. The summed E-state index contributed by atoms with van der Waals surface area (Å²) in [5, 5.41) is 0.608. The van der Waals surface area contributed by atoms with E-state index in [9.17, 15) is 9.59 Å². The molecule has 1 heterocycles. The minimum atomic E-state index is -0.523. The minimum absolute atomic E-state index is 0.328. The van der Waals surface area contributed by atoms with Crippen molar-refractivity contribution < 1.29 is 0 Å². The molecule has 0 unspecified atom stereocenters. The van der Waals surface area contributed by atoms with Crippen molar-refractivity contribution in [1.82, 2.24) is 9.13 Å². The van der Waals surface area contributed by atoms with Crippen LogP contribution in [0.2, 0.25) is 5.02 Å². The van der Waals surface area contributed by atoms with Gasteiger partial charge in [0.2, 0.25) is 0 Å². The second-order valence-corrected chi connectivity index (χ2v) is 6.03. The summed E-state index contributed by atoms with van der Waals surface area (Å²) >= 11 is 5.95. The maximum Gasteiger partial charge on any atom is 0.316 e. The Balaban J connectivity index is 1.79. The molecule has 5 heteroatoms. The van der Waals surface area contributed by atoms with E-state index in [1.165, 1.54) is 9.13 Å². The zero-order valence-corrected chi connectivity index (χ0v) is 13.8. The van der Waals surface area contributed by atoms with Crippen LogP contribution in [-0.2, 0) is 19.5 Å². The monoisotopic (exact) mass is 340 g/mol. The number of halogens is 1. The van der Waals surface area contributed by atoms with Gasteiger partial charge in [-0.15, -0.1) is 0 Å². The molecule has 0 saturated carbocycles. The molecule has 0 saturated heterocycles. The molecule has 0 aliphatic carbocycles. The van der Waals surface area contributed by atoms with E-state index in [4.69, 9.17) is 11.6 Å². The van der Waals surface area contributed by atoms with Gasteiger partial charge in [0.05, 0.1) is 6.54 Å². The summed E-state index contributed by atoms with van der Waals surface area (Å²) in [7, 11) is 0. The summed E-state index contributed by atoms with van der Waals surface area (Å²) in [5.74, 6) is 0. The van der Waals surface area contributed by atoms with Crippen molar-refractivity contribution in [2.45, 2.75) is 19.5 Å². The second-order valence-electron chi connectivity index (χ2n) is 5.60. The molecule has 0 fully saturated rings. The van der Waals surface area contributed by atoms with Gasteiger partial charge in [0.1, 0.15) is 0 Å². The summed E-state index contributed by atoms with van der Waals surface area (Å²) in [6, 6.07) is 17.1. The molecule has 4 nitrogen and oxygen atoms in total. The van der Waals surface area contributed by atoms with Gasteiger partial charge in [-0.1, -0.05) is 54.1 Å². The minimum Gasteiger partial charge on any atom is -0.309 e. The third-order valence-electron chi connectivity index (χ3n) is 3.86. The molecular formula is C19H17ClN2O2. The van der Waals surface area contributed by atoms with Crippen LogP contribution in [0.4, 0.5) is 0 Å². The van der Waals surface area contributed by atoms with Crippen molar-refractivity contribution in [2.24, 2.45) is 0 Å². The number of aryl methyl sites for hydroxylation is 2. The Bertz CT molecular complexity index is 945. The standard InChI is InChI=1S/C19H17ClN2O2/c20-17-8-4-7-16(13-17)14-22-12-11-21(18(23)19(22)24)10-9-15-5-2-1-3-6-15/h1-8,11-13H,9-10,14H2.